The summed E-state index contributed by atoms with van der Waals surface area (Å²) in [7, 11) is -0.449. The minimum Gasteiger partial charge on any atom is -0.417 e. The molecule has 0 aromatic carbocycles. The van der Waals surface area contributed by atoms with E-state index in [1.165, 1.54) is 12.8 Å². The third kappa shape index (κ3) is 5.00. The molecule has 10 heavy (non-hydrogen) atoms. The summed E-state index contributed by atoms with van der Waals surface area (Å²) in [6, 6.07) is 0. The van der Waals surface area contributed by atoms with Gasteiger partial charge in [-0.05, 0) is 19.0 Å². The van der Waals surface area contributed by atoms with Crippen LogP contribution in [-0.4, -0.2) is 15.6 Å². The second-order valence-corrected chi connectivity index (χ2v) is 5.01. The second kappa shape index (κ2) is 5.92. The van der Waals surface area contributed by atoms with E-state index in [1.54, 1.807) is 0 Å². The highest BCUT2D eigenvalue weighted by Crippen LogP contribution is 2.07. The van der Waals surface area contributed by atoms with Crippen molar-refractivity contribution in [3.63, 3.8) is 0 Å². The van der Waals surface area contributed by atoms with E-state index in [9.17, 15) is 0 Å². The first kappa shape index (κ1) is 10.2. The summed E-state index contributed by atoms with van der Waals surface area (Å²) >= 11 is 0. The summed E-state index contributed by atoms with van der Waals surface area (Å²) in [5.74, 6) is 0.792. The van der Waals surface area contributed by atoms with Crippen LogP contribution in [0.1, 0.15) is 26.7 Å². The average Bonchev–Trinajstić information content (AvgIpc) is 1.90. The Bertz CT molecular complexity index is 69.7. The van der Waals surface area contributed by atoms with Gasteiger partial charge in [0.1, 0.15) is 0 Å². The topological polar surface area (TPSA) is 9.23 Å². The van der Waals surface area contributed by atoms with E-state index in [2.05, 4.69) is 26.9 Å². The fourth-order valence-electron chi connectivity index (χ4n) is 0.809. The van der Waals surface area contributed by atoms with Crippen LogP contribution < -0.4 is 0 Å². The molecule has 0 aliphatic rings. The number of hydrogen-bond acceptors (Lipinski definition) is 1. The summed E-state index contributed by atoms with van der Waals surface area (Å²) in [6.45, 7) is 9.82. The first-order valence-corrected chi connectivity index (χ1v) is 6.54. The highest BCUT2D eigenvalue weighted by Gasteiger charge is 2.04. The van der Waals surface area contributed by atoms with E-state index >= 15 is 0 Å². The molecule has 0 aromatic rings. The molecule has 0 bridgehead atoms. The van der Waals surface area contributed by atoms with Crippen molar-refractivity contribution in [3.05, 3.63) is 0 Å². The molecule has 0 aromatic heterocycles. The van der Waals surface area contributed by atoms with Crippen molar-refractivity contribution in [1.29, 1.82) is 0 Å². The first-order chi connectivity index (χ1) is 4.70. The SMILES string of the molecule is CCC(CC)CO[Si](C)C. The number of rotatable bonds is 5. The summed E-state index contributed by atoms with van der Waals surface area (Å²) in [5, 5.41) is 0. The quantitative estimate of drug-likeness (QED) is 0.560. The summed E-state index contributed by atoms with van der Waals surface area (Å²) in [6.07, 6.45) is 2.51. The lowest BCUT2D eigenvalue weighted by molar-refractivity contribution is 0.244. The zero-order chi connectivity index (χ0) is 7.98. The van der Waals surface area contributed by atoms with Crippen molar-refractivity contribution < 1.29 is 4.43 Å². The van der Waals surface area contributed by atoms with Gasteiger partial charge in [0.2, 0.25) is 9.04 Å². The summed E-state index contributed by atoms with van der Waals surface area (Å²) in [4.78, 5) is 0. The van der Waals surface area contributed by atoms with Crippen LogP contribution in [0.2, 0.25) is 13.1 Å². The highest BCUT2D eigenvalue weighted by molar-refractivity contribution is 6.48. The van der Waals surface area contributed by atoms with Crippen molar-refractivity contribution in [1.82, 2.24) is 0 Å². The van der Waals surface area contributed by atoms with Crippen molar-refractivity contribution in [2.45, 2.75) is 39.8 Å². The lowest BCUT2D eigenvalue weighted by Gasteiger charge is -2.13. The zero-order valence-electron chi connectivity index (χ0n) is 7.61. The maximum Gasteiger partial charge on any atom is 0.204 e. The predicted molar refractivity (Wildman–Crippen MR) is 47.5 cm³/mol. The van der Waals surface area contributed by atoms with Gasteiger partial charge in [-0.25, -0.2) is 0 Å². The van der Waals surface area contributed by atoms with Gasteiger partial charge in [-0.3, -0.25) is 0 Å². The molecular formula is C8H19OSi. The molecule has 0 unspecified atom stereocenters. The van der Waals surface area contributed by atoms with Crippen molar-refractivity contribution in [3.8, 4) is 0 Å². The van der Waals surface area contributed by atoms with Crippen LogP contribution in [0, 0.1) is 5.92 Å². The Morgan fingerprint density at radius 1 is 1.20 bits per heavy atom. The molecule has 0 atom stereocenters. The standard InChI is InChI=1S/C8H19OSi/c1-5-8(6-2)7-9-10(3)4/h8H,5-7H2,1-4H3. The monoisotopic (exact) mass is 159 g/mol. The smallest absolute Gasteiger partial charge is 0.204 e. The Morgan fingerprint density at radius 2 is 1.70 bits per heavy atom. The van der Waals surface area contributed by atoms with E-state index in [0.29, 0.717) is 0 Å². The Kier molecular flexibility index (Phi) is 6.03. The molecule has 0 aliphatic carbocycles. The second-order valence-electron chi connectivity index (χ2n) is 2.90. The summed E-state index contributed by atoms with van der Waals surface area (Å²) < 4.78 is 5.59. The molecule has 0 N–H and O–H groups in total. The van der Waals surface area contributed by atoms with Gasteiger partial charge in [-0.1, -0.05) is 26.7 Å². The van der Waals surface area contributed by atoms with Gasteiger partial charge in [0.15, 0.2) is 0 Å². The molecule has 0 heterocycles. The van der Waals surface area contributed by atoms with E-state index in [0.717, 1.165) is 12.5 Å². The molecule has 1 radical (unpaired) electrons. The van der Waals surface area contributed by atoms with E-state index in [-0.39, 0.29) is 0 Å². The molecule has 0 rings (SSSR count). The van der Waals surface area contributed by atoms with Gasteiger partial charge in [0.25, 0.3) is 0 Å². The van der Waals surface area contributed by atoms with Gasteiger partial charge in [-0.15, -0.1) is 0 Å². The fraction of sp³-hybridized carbons (Fsp3) is 1.00. The molecule has 0 aliphatic heterocycles. The number of hydrogen-bond donors (Lipinski definition) is 0. The van der Waals surface area contributed by atoms with Gasteiger partial charge in [0, 0.05) is 6.61 Å². The van der Waals surface area contributed by atoms with Crippen LogP contribution >= 0.6 is 0 Å². The molecular weight excluding hydrogens is 140 g/mol. The Morgan fingerprint density at radius 3 is 2.00 bits per heavy atom. The van der Waals surface area contributed by atoms with Gasteiger partial charge in [0.05, 0.1) is 0 Å². The van der Waals surface area contributed by atoms with Gasteiger partial charge in [-0.2, -0.15) is 0 Å². The van der Waals surface area contributed by atoms with Crippen LogP contribution in [0.4, 0.5) is 0 Å². The molecule has 2 heteroatoms. The minimum atomic E-state index is -0.449. The molecule has 61 valence electrons. The first-order valence-electron chi connectivity index (χ1n) is 4.13. The normalized spacial score (nSPS) is 11.4. The van der Waals surface area contributed by atoms with Crippen LogP contribution in [0.3, 0.4) is 0 Å². The van der Waals surface area contributed by atoms with E-state index in [1.807, 2.05) is 0 Å². The molecule has 0 fully saturated rings. The third-order valence-electron chi connectivity index (χ3n) is 1.76. The predicted octanol–water partition coefficient (Wildman–Crippen LogP) is 2.69. The fourth-order valence-corrected chi connectivity index (χ4v) is 1.38. The maximum absolute atomic E-state index is 5.59. The van der Waals surface area contributed by atoms with Crippen LogP contribution in [-0.2, 0) is 4.43 Å². The van der Waals surface area contributed by atoms with E-state index < -0.39 is 9.04 Å². The van der Waals surface area contributed by atoms with Gasteiger partial charge < -0.3 is 4.43 Å². The zero-order valence-corrected chi connectivity index (χ0v) is 8.61. The van der Waals surface area contributed by atoms with Crippen LogP contribution in [0.25, 0.3) is 0 Å². The molecule has 1 nitrogen and oxygen atoms in total. The Labute approximate surface area is 66.5 Å². The lowest BCUT2D eigenvalue weighted by atomic mass is 10.1. The van der Waals surface area contributed by atoms with Gasteiger partial charge >= 0.3 is 0 Å². The largest absolute Gasteiger partial charge is 0.417 e. The van der Waals surface area contributed by atoms with Crippen LogP contribution in [0.15, 0.2) is 0 Å². The Balaban J connectivity index is 3.26. The molecule has 0 saturated heterocycles. The average molecular weight is 159 g/mol. The van der Waals surface area contributed by atoms with Crippen molar-refractivity contribution >= 4 is 9.04 Å². The summed E-state index contributed by atoms with van der Waals surface area (Å²) in [5.41, 5.74) is 0. The third-order valence-corrected chi connectivity index (χ3v) is 2.51. The van der Waals surface area contributed by atoms with Crippen molar-refractivity contribution in [2.24, 2.45) is 5.92 Å². The maximum atomic E-state index is 5.59. The minimum absolute atomic E-state index is 0.449. The highest BCUT2D eigenvalue weighted by atomic mass is 28.3. The van der Waals surface area contributed by atoms with E-state index in [4.69, 9.17) is 4.43 Å². The lowest BCUT2D eigenvalue weighted by Crippen LogP contribution is -2.15. The van der Waals surface area contributed by atoms with Crippen molar-refractivity contribution in [2.75, 3.05) is 6.61 Å². The van der Waals surface area contributed by atoms with Crippen LogP contribution in [0.5, 0.6) is 0 Å². The molecule has 0 saturated carbocycles. The molecule has 0 spiro atoms. The Hall–Kier alpha value is 0.177. The molecule has 0 amide bonds.